The minimum atomic E-state index is -1.38. The summed E-state index contributed by atoms with van der Waals surface area (Å²) >= 11 is 0. The second-order valence-corrected chi connectivity index (χ2v) is 17.0. The number of rotatable bonds is 7. The van der Waals surface area contributed by atoms with Gasteiger partial charge < -0.3 is 8.54 Å². The van der Waals surface area contributed by atoms with Crippen LogP contribution in [-0.2, 0) is 8.54 Å². The normalized spacial score (nSPS) is 13.6. The van der Waals surface area contributed by atoms with Crippen LogP contribution in [-0.4, -0.2) is 32.3 Å². The van der Waals surface area contributed by atoms with Gasteiger partial charge in [0.2, 0.25) is 0 Å². The molecule has 0 fully saturated rings. The zero-order chi connectivity index (χ0) is 12.1. The van der Waals surface area contributed by atoms with E-state index in [1.54, 1.807) is 0 Å². The molecular weight excluding hydrogens is 236 g/mol. The van der Waals surface area contributed by atoms with Gasteiger partial charge in [-0.2, -0.15) is 0 Å². The van der Waals surface area contributed by atoms with E-state index in [2.05, 4.69) is 45.8 Å². The molecule has 0 spiro atoms. The third-order valence-corrected chi connectivity index (χ3v) is 8.41. The van der Waals surface area contributed by atoms with Crippen molar-refractivity contribution in [3.05, 3.63) is 0 Å². The van der Waals surface area contributed by atoms with Crippen LogP contribution in [0.25, 0.3) is 0 Å². The maximum atomic E-state index is 6.07. The number of hydrogen-bond donors (Lipinski definition) is 0. The van der Waals surface area contributed by atoms with Crippen molar-refractivity contribution in [2.24, 2.45) is 0 Å². The first-order chi connectivity index (χ1) is 6.62. The van der Waals surface area contributed by atoms with E-state index in [9.17, 15) is 0 Å². The molecule has 0 unspecified atom stereocenters. The lowest BCUT2D eigenvalue weighted by Crippen LogP contribution is -2.35. The third kappa shape index (κ3) is 10.8. The predicted molar refractivity (Wildman–Crippen MR) is 74.8 cm³/mol. The molecule has 0 atom stereocenters. The number of hydrogen-bond acceptors (Lipinski definition) is 2. The standard InChI is InChI=1S/C10H27O2Si3/c1-13(2)12-15(6,7)10-8-9-11-14(3,4)5/h8-10H2,1-7H3. The third-order valence-electron chi connectivity index (χ3n) is 1.94. The second kappa shape index (κ2) is 6.34. The molecule has 0 amide bonds. The van der Waals surface area contributed by atoms with E-state index >= 15 is 0 Å². The van der Waals surface area contributed by atoms with Crippen LogP contribution in [0, 0.1) is 0 Å². The van der Waals surface area contributed by atoms with Gasteiger partial charge in [-0.3, -0.25) is 0 Å². The molecule has 0 aromatic rings. The van der Waals surface area contributed by atoms with Crippen molar-refractivity contribution in [1.29, 1.82) is 0 Å². The maximum Gasteiger partial charge on any atom is 0.191 e. The van der Waals surface area contributed by atoms with E-state index < -0.39 is 25.7 Å². The fourth-order valence-electron chi connectivity index (χ4n) is 1.48. The van der Waals surface area contributed by atoms with E-state index in [4.69, 9.17) is 8.54 Å². The first kappa shape index (κ1) is 15.6. The van der Waals surface area contributed by atoms with E-state index in [1.807, 2.05) is 0 Å². The van der Waals surface area contributed by atoms with Gasteiger partial charge in [0.05, 0.1) is 0 Å². The average molecular weight is 264 g/mol. The summed E-state index contributed by atoms with van der Waals surface area (Å²) in [5, 5.41) is 0. The summed E-state index contributed by atoms with van der Waals surface area (Å²) in [4.78, 5) is 0. The van der Waals surface area contributed by atoms with Gasteiger partial charge in [0.15, 0.2) is 25.7 Å². The fraction of sp³-hybridized carbons (Fsp3) is 1.00. The topological polar surface area (TPSA) is 18.5 Å². The molecule has 2 nitrogen and oxygen atoms in total. The van der Waals surface area contributed by atoms with Crippen molar-refractivity contribution in [2.75, 3.05) is 6.61 Å². The smallest absolute Gasteiger partial charge is 0.191 e. The van der Waals surface area contributed by atoms with Crippen LogP contribution in [0.2, 0.25) is 51.9 Å². The second-order valence-electron chi connectivity index (χ2n) is 5.83. The van der Waals surface area contributed by atoms with Crippen LogP contribution < -0.4 is 0 Å². The molecular formula is C10H27O2Si3. The Kier molecular flexibility index (Phi) is 6.58. The molecule has 0 bridgehead atoms. The van der Waals surface area contributed by atoms with E-state index in [1.165, 1.54) is 12.5 Å². The maximum absolute atomic E-state index is 6.07. The van der Waals surface area contributed by atoms with Gasteiger partial charge in [-0.1, -0.05) is 0 Å². The lowest BCUT2D eigenvalue weighted by atomic mass is 10.5. The minimum Gasteiger partial charge on any atom is -0.456 e. The molecule has 0 aromatic heterocycles. The molecule has 1 radical (unpaired) electrons. The molecule has 0 heterocycles. The van der Waals surface area contributed by atoms with Gasteiger partial charge in [-0.25, -0.2) is 0 Å². The lowest BCUT2D eigenvalue weighted by molar-refractivity contribution is 0.309. The Morgan fingerprint density at radius 2 is 1.53 bits per heavy atom. The van der Waals surface area contributed by atoms with Crippen molar-refractivity contribution in [1.82, 2.24) is 0 Å². The Hall–Kier alpha value is 0.571. The molecule has 5 heteroatoms. The van der Waals surface area contributed by atoms with Gasteiger partial charge in [-0.15, -0.1) is 0 Å². The Bertz CT molecular complexity index is 176. The Morgan fingerprint density at radius 1 is 1.00 bits per heavy atom. The largest absolute Gasteiger partial charge is 0.456 e. The summed E-state index contributed by atoms with van der Waals surface area (Å²) in [6, 6.07) is 1.23. The van der Waals surface area contributed by atoms with Crippen LogP contribution >= 0.6 is 0 Å². The zero-order valence-corrected chi connectivity index (χ0v) is 14.4. The summed E-state index contributed by atoms with van der Waals surface area (Å²) in [6.45, 7) is 16.7. The summed E-state index contributed by atoms with van der Waals surface area (Å²) in [5.74, 6) is 0. The SMILES string of the molecule is C[Si](C)O[Si](C)(C)CCCO[Si](C)(C)C. The summed E-state index contributed by atoms with van der Waals surface area (Å²) < 4.78 is 11.9. The minimum absolute atomic E-state index is 0.527. The first-order valence-electron chi connectivity index (χ1n) is 5.75. The molecule has 0 saturated carbocycles. The van der Waals surface area contributed by atoms with Crippen LogP contribution in [0.1, 0.15) is 6.42 Å². The predicted octanol–water partition coefficient (Wildman–Crippen LogP) is 3.70. The van der Waals surface area contributed by atoms with Crippen molar-refractivity contribution < 1.29 is 8.54 Å². The molecule has 0 aliphatic rings. The molecule has 0 saturated heterocycles. The molecule has 0 aliphatic carbocycles. The quantitative estimate of drug-likeness (QED) is 0.515. The van der Waals surface area contributed by atoms with Gasteiger partial charge in [-0.05, 0) is 58.3 Å². The van der Waals surface area contributed by atoms with Gasteiger partial charge in [0, 0.05) is 6.61 Å². The Morgan fingerprint density at radius 3 is 1.93 bits per heavy atom. The van der Waals surface area contributed by atoms with Crippen molar-refractivity contribution in [2.45, 2.75) is 58.3 Å². The van der Waals surface area contributed by atoms with Gasteiger partial charge in [0.1, 0.15) is 0 Å². The first-order valence-corrected chi connectivity index (χ1v) is 14.7. The highest BCUT2D eigenvalue weighted by atomic mass is 28.4. The van der Waals surface area contributed by atoms with Crippen LogP contribution in [0.5, 0.6) is 0 Å². The van der Waals surface area contributed by atoms with Crippen molar-refractivity contribution in [3.63, 3.8) is 0 Å². The summed E-state index contributed by atoms with van der Waals surface area (Å²) in [6.07, 6.45) is 1.17. The van der Waals surface area contributed by atoms with Gasteiger partial charge >= 0.3 is 0 Å². The monoisotopic (exact) mass is 263 g/mol. The highest BCUT2D eigenvalue weighted by molar-refractivity contribution is 6.77. The summed E-state index contributed by atoms with van der Waals surface area (Å²) in [7, 11) is -3.21. The van der Waals surface area contributed by atoms with E-state index in [0.717, 1.165) is 6.61 Å². The average Bonchev–Trinajstić information content (AvgIpc) is 1.93. The lowest BCUT2D eigenvalue weighted by Gasteiger charge is -2.26. The molecule has 0 N–H and O–H groups in total. The Labute approximate surface area is 99.4 Å². The fourth-order valence-corrected chi connectivity index (χ4v) is 8.06. The zero-order valence-electron chi connectivity index (χ0n) is 11.4. The van der Waals surface area contributed by atoms with Crippen LogP contribution in [0.3, 0.4) is 0 Å². The van der Waals surface area contributed by atoms with Gasteiger partial charge in [0.25, 0.3) is 0 Å². The highest BCUT2D eigenvalue weighted by Gasteiger charge is 2.23. The molecule has 0 aromatic carbocycles. The molecule has 0 aliphatic heterocycles. The highest BCUT2D eigenvalue weighted by Crippen LogP contribution is 2.15. The summed E-state index contributed by atoms with van der Waals surface area (Å²) in [5.41, 5.74) is 0. The van der Waals surface area contributed by atoms with Crippen molar-refractivity contribution >= 4 is 25.7 Å². The Balaban J connectivity index is 3.66. The van der Waals surface area contributed by atoms with Crippen LogP contribution in [0.4, 0.5) is 0 Å². The van der Waals surface area contributed by atoms with E-state index in [-0.39, 0.29) is 0 Å². The van der Waals surface area contributed by atoms with E-state index in [0.29, 0.717) is 0 Å². The molecule has 15 heavy (non-hydrogen) atoms. The van der Waals surface area contributed by atoms with Crippen LogP contribution in [0.15, 0.2) is 0 Å². The molecule has 0 rings (SSSR count). The van der Waals surface area contributed by atoms with Crippen molar-refractivity contribution in [3.8, 4) is 0 Å². The molecule has 91 valence electrons.